The van der Waals surface area contributed by atoms with Crippen LogP contribution in [0.1, 0.15) is 21.5 Å². The van der Waals surface area contributed by atoms with Gasteiger partial charge in [-0.1, -0.05) is 28.1 Å². The Morgan fingerprint density at radius 1 is 1.24 bits per heavy atom. The molecule has 1 aromatic heterocycles. The van der Waals surface area contributed by atoms with Gasteiger partial charge < -0.3 is 5.73 Å². The zero-order chi connectivity index (χ0) is 15.7. The summed E-state index contributed by atoms with van der Waals surface area (Å²) >= 11 is 3.07. The van der Waals surface area contributed by atoms with Gasteiger partial charge in [-0.05, 0) is 12.1 Å². The van der Waals surface area contributed by atoms with E-state index in [1.807, 2.05) is 6.07 Å². The highest BCUT2D eigenvalue weighted by Crippen LogP contribution is 2.05. The fraction of sp³-hybridized carbons (Fsp3) is 0.0714. The number of nitrogen functional groups attached to an aromatic ring is 1. The molecule has 0 unspecified atom stereocenters. The van der Waals surface area contributed by atoms with Crippen molar-refractivity contribution in [1.82, 2.24) is 9.97 Å². The number of amidine groups is 1. The monoisotopic (exact) mass is 345 g/mol. The Balaban J connectivity index is 0.000000219. The number of nitrogens with one attached hydrogen (secondary N) is 1. The van der Waals surface area contributed by atoms with Gasteiger partial charge in [-0.2, -0.15) is 5.26 Å². The summed E-state index contributed by atoms with van der Waals surface area (Å²) < 4.78 is 0. The fourth-order valence-electron chi connectivity index (χ4n) is 1.25. The van der Waals surface area contributed by atoms with Gasteiger partial charge in [0.2, 0.25) is 0 Å². The molecule has 21 heavy (non-hydrogen) atoms. The summed E-state index contributed by atoms with van der Waals surface area (Å²) in [6, 6.07) is 8.57. The molecule has 7 heteroatoms. The van der Waals surface area contributed by atoms with E-state index in [0.29, 0.717) is 22.0 Å². The molecule has 0 fully saturated rings. The van der Waals surface area contributed by atoms with Crippen molar-refractivity contribution in [1.29, 1.82) is 10.7 Å². The summed E-state index contributed by atoms with van der Waals surface area (Å²) in [6.07, 6.45) is 4.39. The maximum Gasteiger partial charge on any atom is 0.173 e. The maximum atomic E-state index is 11.1. The third-order valence-electron chi connectivity index (χ3n) is 2.33. The van der Waals surface area contributed by atoms with Crippen LogP contribution >= 0.6 is 15.9 Å². The largest absolute Gasteiger partial charge is 0.384 e. The van der Waals surface area contributed by atoms with Gasteiger partial charge in [0, 0.05) is 18.0 Å². The quantitative estimate of drug-likeness (QED) is 0.381. The molecule has 1 heterocycles. The Hall–Kier alpha value is -2.59. The summed E-state index contributed by atoms with van der Waals surface area (Å²) in [5.41, 5.74) is 6.87. The minimum absolute atomic E-state index is 0.00407. The lowest BCUT2D eigenvalue weighted by Crippen LogP contribution is -2.11. The third-order valence-corrected chi connectivity index (χ3v) is 2.84. The van der Waals surface area contributed by atoms with E-state index >= 15 is 0 Å². The average Bonchev–Trinajstić information content (AvgIpc) is 2.55. The van der Waals surface area contributed by atoms with Crippen molar-refractivity contribution in [3.63, 3.8) is 0 Å². The van der Waals surface area contributed by atoms with Crippen LogP contribution in [0.15, 0.2) is 43.0 Å². The molecule has 0 amide bonds. The molecule has 2 aromatic rings. The molecule has 0 atom stereocenters. The van der Waals surface area contributed by atoms with E-state index in [4.69, 9.17) is 16.4 Å². The third kappa shape index (κ3) is 5.50. The minimum Gasteiger partial charge on any atom is -0.384 e. The van der Waals surface area contributed by atoms with E-state index in [-0.39, 0.29) is 11.6 Å². The lowest BCUT2D eigenvalue weighted by Gasteiger charge is -1.95. The number of halogens is 1. The molecule has 2 rings (SSSR count). The van der Waals surface area contributed by atoms with Gasteiger partial charge in [0.25, 0.3) is 0 Å². The van der Waals surface area contributed by atoms with Crippen molar-refractivity contribution in [2.24, 2.45) is 5.73 Å². The number of aromatic nitrogens is 2. The van der Waals surface area contributed by atoms with Crippen molar-refractivity contribution >= 4 is 27.5 Å². The molecule has 0 radical (unpaired) electrons. The summed E-state index contributed by atoms with van der Waals surface area (Å²) in [6.45, 7) is 0. The Morgan fingerprint density at radius 2 is 1.81 bits per heavy atom. The highest BCUT2D eigenvalue weighted by Gasteiger charge is 2.02. The van der Waals surface area contributed by atoms with Gasteiger partial charge in [0.1, 0.15) is 12.2 Å². The number of nitrogens with two attached hydrogens (primary N) is 1. The first-order chi connectivity index (χ1) is 10.1. The van der Waals surface area contributed by atoms with E-state index in [1.165, 1.54) is 18.7 Å². The molecule has 106 valence electrons. The predicted octanol–water partition coefficient (Wildman–Crippen LogP) is 1.90. The lowest BCUT2D eigenvalue weighted by atomic mass is 10.1. The van der Waals surface area contributed by atoms with Crippen molar-refractivity contribution < 1.29 is 4.79 Å². The van der Waals surface area contributed by atoms with E-state index in [1.54, 1.807) is 24.3 Å². The Kier molecular flexibility index (Phi) is 6.71. The number of Topliss-reactive ketones (excluding diaryl/α,β-unsaturated/α-hetero) is 1. The second kappa shape index (κ2) is 8.55. The number of hydrogen-bond donors (Lipinski definition) is 2. The first kappa shape index (κ1) is 16.5. The van der Waals surface area contributed by atoms with Crippen molar-refractivity contribution in [3.05, 3.63) is 59.7 Å². The molecule has 0 aliphatic heterocycles. The van der Waals surface area contributed by atoms with Crippen molar-refractivity contribution in [2.45, 2.75) is 0 Å². The van der Waals surface area contributed by atoms with Crippen LogP contribution in [0.25, 0.3) is 0 Å². The number of nitrogens with zero attached hydrogens (tertiary/aromatic N) is 3. The number of benzene rings is 1. The summed E-state index contributed by atoms with van der Waals surface area (Å²) in [4.78, 5) is 18.4. The molecule has 0 aliphatic carbocycles. The standard InChI is InChI=1S/C9H6BrNO.C5H6N4/c10-5-9(12)8-3-1-7(6-11)2-4-8;6-5(7)4-1-8-3-9-2-4/h1-4H,5H2;1-3H,(H3,6,7). The number of carbonyl (C=O) groups is 1. The summed E-state index contributed by atoms with van der Waals surface area (Å²) in [7, 11) is 0. The van der Waals surface area contributed by atoms with Gasteiger partial charge in [-0.3, -0.25) is 10.2 Å². The SMILES string of the molecule is N#Cc1ccc(C(=O)CBr)cc1.N=C(N)c1cncnc1. The van der Waals surface area contributed by atoms with E-state index < -0.39 is 0 Å². The molecule has 0 saturated heterocycles. The molecule has 6 nitrogen and oxygen atoms in total. The summed E-state index contributed by atoms with van der Waals surface area (Å²) in [5.74, 6) is 0.0232. The fourth-order valence-corrected chi connectivity index (χ4v) is 1.57. The highest BCUT2D eigenvalue weighted by molar-refractivity contribution is 9.09. The van der Waals surface area contributed by atoms with Gasteiger partial charge in [-0.25, -0.2) is 9.97 Å². The van der Waals surface area contributed by atoms with E-state index in [9.17, 15) is 4.79 Å². The van der Waals surface area contributed by atoms with Crippen LogP contribution in [0.3, 0.4) is 0 Å². The highest BCUT2D eigenvalue weighted by atomic mass is 79.9. The van der Waals surface area contributed by atoms with E-state index in [2.05, 4.69) is 25.9 Å². The first-order valence-electron chi connectivity index (χ1n) is 5.77. The van der Waals surface area contributed by atoms with Crippen molar-refractivity contribution in [3.8, 4) is 6.07 Å². The summed E-state index contributed by atoms with van der Waals surface area (Å²) in [5, 5.41) is 15.7. The van der Waals surface area contributed by atoms with Crippen LogP contribution in [0.2, 0.25) is 0 Å². The number of ketones is 1. The number of alkyl halides is 1. The van der Waals surface area contributed by atoms with Crippen LogP contribution in [-0.4, -0.2) is 26.9 Å². The van der Waals surface area contributed by atoms with Crippen LogP contribution in [-0.2, 0) is 0 Å². The maximum absolute atomic E-state index is 11.1. The van der Waals surface area contributed by atoms with E-state index in [0.717, 1.165) is 0 Å². The Bertz CT molecular complexity index is 649. The molecule has 0 aliphatic rings. The van der Waals surface area contributed by atoms with Gasteiger partial charge in [0.15, 0.2) is 5.78 Å². The van der Waals surface area contributed by atoms with Crippen molar-refractivity contribution in [2.75, 3.05) is 5.33 Å². The number of nitriles is 1. The zero-order valence-corrected chi connectivity index (χ0v) is 12.5. The van der Waals surface area contributed by atoms with Crippen LogP contribution < -0.4 is 5.73 Å². The van der Waals surface area contributed by atoms with Crippen LogP contribution in [0.5, 0.6) is 0 Å². The number of hydrogen-bond acceptors (Lipinski definition) is 5. The number of rotatable bonds is 3. The second-order valence-corrected chi connectivity index (χ2v) is 4.35. The van der Waals surface area contributed by atoms with Gasteiger partial charge >= 0.3 is 0 Å². The van der Waals surface area contributed by atoms with Gasteiger partial charge in [0.05, 0.1) is 22.5 Å². The molecule has 0 bridgehead atoms. The molecule has 0 spiro atoms. The van der Waals surface area contributed by atoms with Gasteiger partial charge in [-0.15, -0.1) is 0 Å². The minimum atomic E-state index is -0.00407. The number of carbonyl (C=O) groups excluding carboxylic acids is 1. The lowest BCUT2D eigenvalue weighted by molar-refractivity contribution is 0.102. The molecule has 0 saturated carbocycles. The zero-order valence-electron chi connectivity index (χ0n) is 11.0. The normalized spacial score (nSPS) is 8.95. The Morgan fingerprint density at radius 3 is 2.19 bits per heavy atom. The van der Waals surface area contributed by atoms with Crippen LogP contribution in [0.4, 0.5) is 0 Å². The smallest absolute Gasteiger partial charge is 0.173 e. The first-order valence-corrected chi connectivity index (χ1v) is 6.89. The molecular weight excluding hydrogens is 334 g/mol. The topological polar surface area (TPSA) is 117 Å². The molecular formula is C14H12BrN5O. The Labute approximate surface area is 130 Å². The molecule has 1 aromatic carbocycles. The second-order valence-electron chi connectivity index (χ2n) is 3.79. The van der Waals surface area contributed by atoms with Crippen LogP contribution in [0, 0.1) is 16.7 Å². The molecule has 3 N–H and O–H groups in total. The predicted molar refractivity (Wildman–Crippen MR) is 82.3 cm³/mol. The average molecular weight is 346 g/mol.